The fourth-order valence-corrected chi connectivity index (χ4v) is 8.43. The van der Waals surface area contributed by atoms with Crippen LogP contribution in [-0.2, 0) is 0 Å². The summed E-state index contributed by atoms with van der Waals surface area (Å²) in [6.45, 7) is 9.04. The zero-order chi connectivity index (χ0) is 34.7. The molecule has 12 heteroatoms. The summed E-state index contributed by atoms with van der Waals surface area (Å²) in [5.41, 5.74) is 3.95. The summed E-state index contributed by atoms with van der Waals surface area (Å²) in [4.78, 5) is 46.3. The summed E-state index contributed by atoms with van der Waals surface area (Å²) in [5.74, 6) is 2.19. The number of hydrogen-bond donors (Lipinski definition) is 3. The molecule has 51 heavy (non-hydrogen) atoms. The summed E-state index contributed by atoms with van der Waals surface area (Å²) >= 11 is 6.56. The number of likely N-dealkylation sites (tertiary alicyclic amines) is 2. The molecule has 0 spiro atoms. The van der Waals surface area contributed by atoms with Gasteiger partial charge in [-0.1, -0.05) is 29.8 Å². The maximum atomic E-state index is 12.1. The van der Waals surface area contributed by atoms with Crippen LogP contribution in [0.1, 0.15) is 38.5 Å². The van der Waals surface area contributed by atoms with Gasteiger partial charge in [0, 0.05) is 79.4 Å². The van der Waals surface area contributed by atoms with Crippen molar-refractivity contribution in [3.8, 4) is 16.9 Å². The van der Waals surface area contributed by atoms with Crippen molar-refractivity contribution in [1.29, 1.82) is 0 Å². The maximum Gasteiger partial charge on any atom is 0.332 e. The van der Waals surface area contributed by atoms with Gasteiger partial charge in [-0.05, 0) is 100 Å². The van der Waals surface area contributed by atoms with Crippen molar-refractivity contribution in [2.75, 3.05) is 62.6 Å². The Labute approximate surface area is 302 Å². The van der Waals surface area contributed by atoms with Crippen LogP contribution in [0.15, 0.2) is 82.8 Å². The van der Waals surface area contributed by atoms with E-state index in [4.69, 9.17) is 16.6 Å². The van der Waals surface area contributed by atoms with E-state index in [9.17, 15) is 9.59 Å². The number of para-hydroxylation sites is 1. The molecular weight excluding hydrogens is 662 g/mol. The molecule has 11 nitrogen and oxygen atoms in total. The molecule has 1 atom stereocenters. The Hall–Kier alpha value is -4.45. The Morgan fingerprint density at radius 2 is 1.59 bits per heavy atom. The topological polar surface area (TPSA) is 118 Å². The molecule has 3 aliphatic heterocycles. The van der Waals surface area contributed by atoms with Gasteiger partial charge in [0.1, 0.15) is 0 Å². The number of H-pyrrole nitrogens is 2. The number of fused-ring (bicyclic) bond motifs is 1. The van der Waals surface area contributed by atoms with Crippen LogP contribution in [-0.4, -0.2) is 92.7 Å². The highest BCUT2D eigenvalue weighted by Crippen LogP contribution is 2.33. The van der Waals surface area contributed by atoms with Gasteiger partial charge in [-0.25, -0.2) is 14.8 Å². The molecule has 0 amide bonds. The molecule has 3 fully saturated rings. The Kier molecular flexibility index (Phi) is 9.93. The molecule has 3 N–H and O–H groups in total. The third kappa shape index (κ3) is 7.75. The van der Waals surface area contributed by atoms with E-state index in [1.54, 1.807) is 6.20 Å². The van der Waals surface area contributed by atoms with Crippen molar-refractivity contribution in [3.05, 3.63) is 99.0 Å². The van der Waals surface area contributed by atoms with E-state index >= 15 is 0 Å². The Bertz CT molecular complexity index is 2060. The van der Waals surface area contributed by atoms with E-state index in [2.05, 4.69) is 59.2 Å². The lowest BCUT2D eigenvalue weighted by Gasteiger charge is -2.38. The fourth-order valence-electron chi connectivity index (χ4n) is 8.24. The van der Waals surface area contributed by atoms with E-state index in [1.165, 1.54) is 74.3 Å². The SMILES string of the molecule is O=c1ccn(-c2ccc(N3CCC(CN4CCC(CCN5CCC(Nc6ncc(Cl)c(-c7c[nH]c8ccccc78)n6)C5)CC4)CC3)cc2)c(=O)[nH]1. The minimum atomic E-state index is -0.420. The first kappa shape index (κ1) is 33.7. The van der Waals surface area contributed by atoms with Gasteiger partial charge in [0.2, 0.25) is 5.95 Å². The van der Waals surface area contributed by atoms with Gasteiger partial charge in [0.05, 0.1) is 22.6 Å². The number of anilines is 2. The van der Waals surface area contributed by atoms with E-state index in [1.807, 2.05) is 30.5 Å². The van der Waals surface area contributed by atoms with Gasteiger partial charge >= 0.3 is 5.69 Å². The molecule has 0 radical (unpaired) electrons. The highest BCUT2D eigenvalue weighted by molar-refractivity contribution is 6.33. The molecule has 3 aromatic heterocycles. The van der Waals surface area contributed by atoms with Crippen molar-refractivity contribution in [2.45, 2.75) is 44.6 Å². The van der Waals surface area contributed by atoms with Gasteiger partial charge in [-0.3, -0.25) is 14.3 Å². The molecular formula is C39H46ClN9O2. The average Bonchev–Trinajstić information content (AvgIpc) is 3.80. The molecule has 2 aromatic carbocycles. The van der Waals surface area contributed by atoms with Gasteiger partial charge in [-0.15, -0.1) is 0 Å². The number of hydrogen-bond acceptors (Lipinski definition) is 8. The van der Waals surface area contributed by atoms with Crippen LogP contribution in [0.3, 0.4) is 0 Å². The number of benzene rings is 2. The molecule has 3 saturated heterocycles. The molecule has 266 valence electrons. The van der Waals surface area contributed by atoms with Gasteiger partial charge in [0.25, 0.3) is 5.56 Å². The quantitative estimate of drug-likeness (QED) is 0.171. The van der Waals surface area contributed by atoms with Crippen LogP contribution in [0.4, 0.5) is 11.6 Å². The molecule has 8 rings (SSSR count). The first-order valence-corrected chi connectivity index (χ1v) is 18.8. The zero-order valence-corrected chi connectivity index (χ0v) is 29.7. The first-order chi connectivity index (χ1) is 24.9. The Morgan fingerprint density at radius 3 is 2.39 bits per heavy atom. The first-order valence-electron chi connectivity index (χ1n) is 18.4. The van der Waals surface area contributed by atoms with E-state index in [-0.39, 0.29) is 5.56 Å². The van der Waals surface area contributed by atoms with Crippen LogP contribution in [0.2, 0.25) is 5.02 Å². The highest BCUT2D eigenvalue weighted by atomic mass is 35.5. The molecule has 1 unspecified atom stereocenters. The summed E-state index contributed by atoms with van der Waals surface area (Å²) in [7, 11) is 0. The van der Waals surface area contributed by atoms with E-state index in [0.29, 0.717) is 17.0 Å². The minimum Gasteiger partial charge on any atom is -0.372 e. The van der Waals surface area contributed by atoms with Crippen molar-refractivity contribution in [3.63, 3.8) is 0 Å². The molecule has 0 bridgehead atoms. The maximum absolute atomic E-state index is 12.1. The van der Waals surface area contributed by atoms with Crippen LogP contribution in [0.5, 0.6) is 0 Å². The molecule has 0 saturated carbocycles. The second-order valence-corrected chi connectivity index (χ2v) is 14.9. The second kappa shape index (κ2) is 15.0. The minimum absolute atomic E-state index is 0.336. The highest BCUT2D eigenvalue weighted by Gasteiger charge is 2.27. The van der Waals surface area contributed by atoms with Crippen LogP contribution in [0.25, 0.3) is 27.8 Å². The molecule has 5 aromatic rings. The second-order valence-electron chi connectivity index (χ2n) is 14.5. The van der Waals surface area contributed by atoms with E-state index in [0.717, 1.165) is 78.8 Å². The van der Waals surface area contributed by atoms with Crippen LogP contribution in [0, 0.1) is 11.8 Å². The van der Waals surface area contributed by atoms with Crippen LogP contribution >= 0.6 is 11.6 Å². The molecule has 3 aliphatic rings. The van der Waals surface area contributed by atoms with Crippen LogP contribution < -0.4 is 21.5 Å². The summed E-state index contributed by atoms with van der Waals surface area (Å²) in [6, 6.07) is 18.0. The predicted molar refractivity (Wildman–Crippen MR) is 204 cm³/mol. The fraction of sp³-hybridized carbons (Fsp3) is 0.436. The lowest BCUT2D eigenvalue weighted by Crippen LogP contribution is -2.42. The van der Waals surface area contributed by atoms with Gasteiger partial charge in [-0.2, -0.15) is 0 Å². The number of piperidine rings is 2. The van der Waals surface area contributed by atoms with E-state index < -0.39 is 5.69 Å². The predicted octanol–water partition coefficient (Wildman–Crippen LogP) is 5.62. The average molecular weight is 708 g/mol. The molecule has 6 heterocycles. The normalized spacial score (nSPS) is 19.6. The summed E-state index contributed by atoms with van der Waals surface area (Å²) < 4.78 is 1.46. The molecule has 0 aliphatic carbocycles. The smallest absolute Gasteiger partial charge is 0.332 e. The standard InChI is InChI=1S/C39H46ClN9O2/c40-34-24-42-38(45-37(34)33-23-41-35-4-2-1-3-32(33)35)43-29-14-19-47(26-29)18-11-27-9-16-46(17-10-27)25-28-12-20-48(21-13-28)30-5-7-31(8-6-30)49-22-15-36(50)44-39(49)51/h1-8,15,22-24,27-29,41H,9-14,16-21,25-26H2,(H,42,43,45)(H,44,50,51). The van der Waals surface area contributed by atoms with Crippen molar-refractivity contribution in [2.24, 2.45) is 11.8 Å². The lowest BCUT2D eigenvalue weighted by molar-refractivity contribution is 0.141. The van der Waals surface area contributed by atoms with Crippen molar-refractivity contribution in [1.82, 2.24) is 34.3 Å². The number of rotatable bonds is 10. The number of nitrogens with zero attached hydrogens (tertiary/aromatic N) is 6. The number of aromatic nitrogens is 5. The van der Waals surface area contributed by atoms with Crippen molar-refractivity contribution >= 4 is 34.1 Å². The third-order valence-corrected chi connectivity index (χ3v) is 11.5. The lowest BCUT2D eigenvalue weighted by atomic mass is 9.91. The largest absolute Gasteiger partial charge is 0.372 e. The van der Waals surface area contributed by atoms with Crippen molar-refractivity contribution < 1.29 is 0 Å². The monoisotopic (exact) mass is 707 g/mol. The third-order valence-electron chi connectivity index (χ3n) is 11.2. The number of aromatic amines is 2. The Balaban J connectivity index is 0.745. The number of halogens is 1. The summed E-state index contributed by atoms with van der Waals surface area (Å²) in [5, 5.41) is 5.25. The van der Waals surface area contributed by atoms with Gasteiger partial charge < -0.3 is 25.0 Å². The Morgan fingerprint density at radius 1 is 0.843 bits per heavy atom. The number of nitrogens with one attached hydrogen (secondary N) is 3. The zero-order valence-electron chi connectivity index (χ0n) is 28.9. The van der Waals surface area contributed by atoms with Gasteiger partial charge in [0.15, 0.2) is 0 Å². The summed E-state index contributed by atoms with van der Waals surface area (Å²) in [6.07, 6.45) is 12.6.